The Balaban J connectivity index is 0. The minimum atomic E-state index is -0.663. The molecule has 0 aromatic heterocycles. The highest BCUT2D eigenvalue weighted by molar-refractivity contribution is 5.66. The molecule has 0 rings (SSSR count). The molecule has 4 nitrogen and oxygen atoms in total. The van der Waals surface area contributed by atoms with Crippen molar-refractivity contribution in [2.24, 2.45) is 0 Å². The van der Waals surface area contributed by atoms with Gasteiger partial charge in [-0.2, -0.15) is 0 Å². The minimum absolute atomic E-state index is 0.133. The van der Waals surface area contributed by atoms with Crippen molar-refractivity contribution in [3.63, 3.8) is 0 Å². The molecule has 0 heterocycles. The monoisotopic (exact) mass is 262 g/mol. The van der Waals surface area contributed by atoms with Gasteiger partial charge in [-0.3, -0.25) is 4.79 Å². The van der Waals surface area contributed by atoms with Crippen molar-refractivity contribution < 1.29 is 19.7 Å². The fourth-order valence-electron chi connectivity index (χ4n) is 1.44. The standard InChI is InChI=1S/C10H20O2.C4H10O2/c1-2-3-4-5-6-7-8-9-10(11)12;1-2-6-4-3-5/h2-9H2,1H3,(H,11,12);5H,2-4H2,1H3. The number of carboxylic acids is 1. The van der Waals surface area contributed by atoms with Gasteiger partial charge in [-0.05, 0) is 13.3 Å². The summed E-state index contributed by atoms with van der Waals surface area (Å²) in [4.78, 5) is 10.1. The Hall–Kier alpha value is -0.610. The Morgan fingerprint density at radius 2 is 1.56 bits per heavy atom. The average Bonchev–Trinajstić information content (AvgIpc) is 2.36. The predicted octanol–water partition coefficient (Wildman–Crippen LogP) is 3.23. The minimum Gasteiger partial charge on any atom is -0.481 e. The zero-order chi connectivity index (χ0) is 14.1. The number of aliphatic carboxylic acids is 1. The highest BCUT2D eigenvalue weighted by atomic mass is 16.5. The van der Waals surface area contributed by atoms with Gasteiger partial charge in [0, 0.05) is 13.0 Å². The van der Waals surface area contributed by atoms with E-state index in [1.165, 1.54) is 32.1 Å². The van der Waals surface area contributed by atoms with Crippen LogP contribution < -0.4 is 0 Å². The molecule has 0 saturated heterocycles. The molecule has 0 atom stereocenters. The van der Waals surface area contributed by atoms with E-state index in [0.717, 1.165) is 12.8 Å². The van der Waals surface area contributed by atoms with E-state index in [2.05, 4.69) is 6.92 Å². The molecule has 0 aromatic rings. The van der Waals surface area contributed by atoms with Crippen LogP contribution in [0.5, 0.6) is 0 Å². The Morgan fingerprint density at radius 1 is 1.00 bits per heavy atom. The molecule has 0 fully saturated rings. The highest BCUT2D eigenvalue weighted by Gasteiger charge is 1.95. The van der Waals surface area contributed by atoms with E-state index in [1.807, 2.05) is 6.92 Å². The van der Waals surface area contributed by atoms with Gasteiger partial charge in [0.2, 0.25) is 0 Å². The second-order valence-electron chi connectivity index (χ2n) is 4.19. The molecule has 0 saturated carbocycles. The second-order valence-corrected chi connectivity index (χ2v) is 4.19. The first-order chi connectivity index (χ1) is 8.68. The maximum absolute atomic E-state index is 10.1. The fraction of sp³-hybridized carbons (Fsp3) is 0.929. The van der Waals surface area contributed by atoms with Crippen molar-refractivity contribution in [3.8, 4) is 0 Å². The lowest BCUT2D eigenvalue weighted by molar-refractivity contribution is -0.137. The van der Waals surface area contributed by atoms with Crippen LogP contribution in [0.4, 0.5) is 0 Å². The van der Waals surface area contributed by atoms with E-state index in [-0.39, 0.29) is 6.61 Å². The van der Waals surface area contributed by atoms with E-state index < -0.39 is 5.97 Å². The van der Waals surface area contributed by atoms with Crippen LogP contribution in [0.25, 0.3) is 0 Å². The molecule has 18 heavy (non-hydrogen) atoms. The fourth-order valence-corrected chi connectivity index (χ4v) is 1.44. The third-order valence-corrected chi connectivity index (χ3v) is 2.43. The lowest BCUT2D eigenvalue weighted by atomic mass is 10.1. The number of unbranched alkanes of at least 4 members (excludes halogenated alkanes) is 6. The van der Waals surface area contributed by atoms with Gasteiger partial charge in [0.15, 0.2) is 0 Å². The number of aliphatic hydroxyl groups is 1. The van der Waals surface area contributed by atoms with Gasteiger partial charge in [0.05, 0.1) is 13.2 Å². The molecule has 0 amide bonds. The van der Waals surface area contributed by atoms with Gasteiger partial charge in [0.25, 0.3) is 0 Å². The summed E-state index contributed by atoms with van der Waals surface area (Å²) in [6.07, 6.45) is 8.64. The van der Waals surface area contributed by atoms with E-state index in [0.29, 0.717) is 19.6 Å². The van der Waals surface area contributed by atoms with Gasteiger partial charge in [-0.15, -0.1) is 0 Å². The normalized spacial score (nSPS) is 9.72. The first-order valence-corrected chi connectivity index (χ1v) is 7.09. The largest absolute Gasteiger partial charge is 0.481 e. The molecule has 0 aliphatic heterocycles. The van der Waals surface area contributed by atoms with Crippen LogP contribution in [-0.4, -0.2) is 36.0 Å². The Bertz CT molecular complexity index is 156. The maximum atomic E-state index is 10.1. The van der Waals surface area contributed by atoms with Gasteiger partial charge < -0.3 is 14.9 Å². The summed E-state index contributed by atoms with van der Waals surface area (Å²) in [7, 11) is 0. The summed E-state index contributed by atoms with van der Waals surface area (Å²) in [5, 5.41) is 16.4. The number of ether oxygens (including phenoxy) is 1. The van der Waals surface area contributed by atoms with Crippen LogP contribution in [-0.2, 0) is 9.53 Å². The quantitative estimate of drug-likeness (QED) is 0.561. The molecule has 0 aliphatic carbocycles. The summed E-state index contributed by atoms with van der Waals surface area (Å²) in [6, 6.07) is 0. The maximum Gasteiger partial charge on any atom is 0.303 e. The molecule has 0 aliphatic rings. The highest BCUT2D eigenvalue weighted by Crippen LogP contribution is 2.07. The van der Waals surface area contributed by atoms with Crippen LogP contribution in [0.15, 0.2) is 0 Å². The van der Waals surface area contributed by atoms with Crippen LogP contribution in [0.1, 0.15) is 65.2 Å². The first-order valence-electron chi connectivity index (χ1n) is 7.09. The van der Waals surface area contributed by atoms with Crippen LogP contribution >= 0.6 is 0 Å². The van der Waals surface area contributed by atoms with Crippen LogP contribution in [0, 0.1) is 0 Å². The van der Waals surface area contributed by atoms with Crippen molar-refractivity contribution in [2.75, 3.05) is 19.8 Å². The molecule has 4 heteroatoms. The van der Waals surface area contributed by atoms with E-state index in [1.54, 1.807) is 0 Å². The number of carbonyl (C=O) groups is 1. The van der Waals surface area contributed by atoms with Gasteiger partial charge in [0.1, 0.15) is 0 Å². The Morgan fingerprint density at radius 3 is 1.94 bits per heavy atom. The molecule has 110 valence electrons. The molecule has 0 spiro atoms. The topological polar surface area (TPSA) is 66.8 Å². The summed E-state index contributed by atoms with van der Waals surface area (Å²) >= 11 is 0. The third kappa shape index (κ3) is 24.6. The number of hydrogen-bond acceptors (Lipinski definition) is 3. The molecule has 0 bridgehead atoms. The molecule has 0 aromatic carbocycles. The number of rotatable bonds is 11. The van der Waals surface area contributed by atoms with Gasteiger partial charge in [-0.1, -0.05) is 45.4 Å². The SMILES string of the molecule is CCCCCCCCCC(=O)O.CCOCCO. The van der Waals surface area contributed by atoms with E-state index in [9.17, 15) is 4.79 Å². The number of carboxylic acid groups (broad SMARTS) is 1. The third-order valence-electron chi connectivity index (χ3n) is 2.43. The average molecular weight is 262 g/mol. The van der Waals surface area contributed by atoms with E-state index in [4.69, 9.17) is 14.9 Å². The van der Waals surface area contributed by atoms with Crippen molar-refractivity contribution >= 4 is 5.97 Å². The zero-order valence-electron chi connectivity index (χ0n) is 12.0. The Labute approximate surface area is 111 Å². The van der Waals surface area contributed by atoms with Crippen molar-refractivity contribution in [1.29, 1.82) is 0 Å². The molecular formula is C14H30O4. The smallest absolute Gasteiger partial charge is 0.303 e. The van der Waals surface area contributed by atoms with Crippen molar-refractivity contribution in [3.05, 3.63) is 0 Å². The van der Waals surface area contributed by atoms with E-state index >= 15 is 0 Å². The second kappa shape index (κ2) is 18.7. The van der Waals surface area contributed by atoms with Crippen LogP contribution in [0.3, 0.4) is 0 Å². The summed E-state index contributed by atoms with van der Waals surface area (Å²) in [5.74, 6) is -0.663. The lowest BCUT2D eigenvalue weighted by Crippen LogP contribution is -1.96. The zero-order valence-corrected chi connectivity index (χ0v) is 12.0. The van der Waals surface area contributed by atoms with Crippen molar-refractivity contribution in [1.82, 2.24) is 0 Å². The predicted molar refractivity (Wildman–Crippen MR) is 73.8 cm³/mol. The first kappa shape index (κ1) is 19.7. The molecule has 0 unspecified atom stereocenters. The molecule has 0 radical (unpaired) electrons. The van der Waals surface area contributed by atoms with Gasteiger partial charge >= 0.3 is 5.97 Å². The number of hydrogen-bond donors (Lipinski definition) is 2. The lowest BCUT2D eigenvalue weighted by Gasteiger charge is -1.98. The summed E-state index contributed by atoms with van der Waals surface area (Å²) in [5.41, 5.74) is 0. The molecular weight excluding hydrogens is 232 g/mol. The number of aliphatic hydroxyl groups excluding tert-OH is 1. The molecule has 2 N–H and O–H groups in total. The Kier molecular flexibility index (Phi) is 20.5. The van der Waals surface area contributed by atoms with Crippen LogP contribution in [0.2, 0.25) is 0 Å². The summed E-state index contributed by atoms with van der Waals surface area (Å²) < 4.78 is 4.73. The summed E-state index contributed by atoms with van der Waals surface area (Å²) in [6.45, 7) is 5.39. The van der Waals surface area contributed by atoms with Crippen molar-refractivity contribution in [2.45, 2.75) is 65.2 Å². The van der Waals surface area contributed by atoms with Gasteiger partial charge in [-0.25, -0.2) is 0 Å².